The molecule has 0 atom stereocenters. The standard InChI is InChI=1S/C18H13N5O/c1-23-16-9-5-2-6-13(16)17(18(23)24)22-20-11-12-10-19-14-7-3-4-8-15(14)21-12/h2-11H,1H3/b20-11-,22-17+. The van der Waals surface area contributed by atoms with Crippen LogP contribution in [0.5, 0.6) is 0 Å². The van der Waals surface area contributed by atoms with Gasteiger partial charge >= 0.3 is 0 Å². The first-order chi connectivity index (χ1) is 11.7. The predicted molar refractivity (Wildman–Crippen MR) is 93.5 cm³/mol. The lowest BCUT2D eigenvalue weighted by molar-refractivity contribution is -0.111. The van der Waals surface area contributed by atoms with Crippen LogP contribution in [0.3, 0.4) is 0 Å². The smallest absolute Gasteiger partial charge is 0.279 e. The molecule has 0 spiro atoms. The molecule has 24 heavy (non-hydrogen) atoms. The van der Waals surface area contributed by atoms with Crippen LogP contribution in [0, 0.1) is 0 Å². The van der Waals surface area contributed by atoms with Gasteiger partial charge in [0, 0.05) is 12.6 Å². The number of carbonyl (C=O) groups is 1. The predicted octanol–water partition coefficient (Wildman–Crippen LogP) is 2.43. The largest absolute Gasteiger partial charge is 0.309 e. The summed E-state index contributed by atoms with van der Waals surface area (Å²) in [4.78, 5) is 22.6. The van der Waals surface area contributed by atoms with E-state index in [9.17, 15) is 4.79 Å². The number of fused-ring (bicyclic) bond motifs is 2. The Labute approximate surface area is 138 Å². The molecule has 1 aliphatic rings. The maximum Gasteiger partial charge on any atom is 0.279 e. The van der Waals surface area contributed by atoms with E-state index in [-0.39, 0.29) is 5.91 Å². The maximum absolute atomic E-state index is 12.3. The molecule has 0 unspecified atom stereocenters. The first kappa shape index (κ1) is 14.2. The molecule has 1 aliphatic heterocycles. The van der Waals surface area contributed by atoms with E-state index in [1.807, 2.05) is 48.5 Å². The van der Waals surface area contributed by atoms with Crippen molar-refractivity contribution in [2.75, 3.05) is 11.9 Å². The highest BCUT2D eigenvalue weighted by molar-refractivity contribution is 6.54. The van der Waals surface area contributed by atoms with E-state index >= 15 is 0 Å². The second kappa shape index (κ2) is 5.66. The Morgan fingerprint density at radius 1 is 1.04 bits per heavy atom. The lowest BCUT2D eigenvalue weighted by Gasteiger charge is -2.07. The second-order valence-corrected chi connectivity index (χ2v) is 5.36. The van der Waals surface area contributed by atoms with Crippen LogP contribution in [0.25, 0.3) is 11.0 Å². The Balaban J connectivity index is 1.66. The lowest BCUT2D eigenvalue weighted by Crippen LogP contribution is -2.25. The van der Waals surface area contributed by atoms with Crippen molar-refractivity contribution in [1.82, 2.24) is 9.97 Å². The number of carbonyl (C=O) groups excluding carboxylic acids is 1. The Kier molecular flexibility index (Phi) is 3.35. The minimum atomic E-state index is -0.169. The number of para-hydroxylation sites is 3. The monoisotopic (exact) mass is 315 g/mol. The number of nitrogens with zero attached hydrogens (tertiary/aromatic N) is 5. The van der Waals surface area contributed by atoms with Gasteiger partial charge < -0.3 is 4.90 Å². The molecule has 0 saturated heterocycles. The van der Waals surface area contributed by atoms with Gasteiger partial charge in [-0.3, -0.25) is 9.78 Å². The summed E-state index contributed by atoms with van der Waals surface area (Å²) in [6.07, 6.45) is 3.13. The summed E-state index contributed by atoms with van der Waals surface area (Å²) in [5, 5.41) is 8.13. The third kappa shape index (κ3) is 2.34. The van der Waals surface area contributed by atoms with Crippen molar-refractivity contribution in [2.24, 2.45) is 10.2 Å². The van der Waals surface area contributed by atoms with E-state index in [4.69, 9.17) is 0 Å². The zero-order valence-electron chi connectivity index (χ0n) is 12.9. The molecule has 0 fully saturated rings. The summed E-state index contributed by atoms with van der Waals surface area (Å²) in [5.74, 6) is -0.169. The van der Waals surface area contributed by atoms with Gasteiger partial charge in [0.1, 0.15) is 5.69 Å². The lowest BCUT2D eigenvalue weighted by atomic mass is 10.1. The van der Waals surface area contributed by atoms with Gasteiger partial charge in [0.25, 0.3) is 5.91 Å². The molecule has 116 valence electrons. The third-order valence-electron chi connectivity index (χ3n) is 3.84. The summed E-state index contributed by atoms with van der Waals surface area (Å²) in [6, 6.07) is 15.1. The van der Waals surface area contributed by atoms with Crippen LogP contribution < -0.4 is 4.90 Å². The van der Waals surface area contributed by atoms with Crippen LogP contribution >= 0.6 is 0 Å². The number of rotatable bonds is 2. The second-order valence-electron chi connectivity index (χ2n) is 5.36. The van der Waals surface area contributed by atoms with Crippen molar-refractivity contribution in [2.45, 2.75) is 0 Å². The van der Waals surface area contributed by atoms with Gasteiger partial charge in [-0.2, -0.15) is 5.10 Å². The Hall–Kier alpha value is -3.41. The van der Waals surface area contributed by atoms with Crippen LogP contribution in [-0.4, -0.2) is 34.8 Å². The van der Waals surface area contributed by atoms with Crippen molar-refractivity contribution in [3.63, 3.8) is 0 Å². The molecule has 0 aliphatic carbocycles. The van der Waals surface area contributed by atoms with Gasteiger partial charge in [-0.05, 0) is 18.2 Å². The molecule has 1 amide bonds. The van der Waals surface area contributed by atoms with E-state index in [1.165, 1.54) is 6.21 Å². The molecule has 6 heteroatoms. The highest BCUT2D eigenvalue weighted by Crippen LogP contribution is 2.27. The number of benzene rings is 2. The molecular weight excluding hydrogens is 302 g/mol. The highest BCUT2D eigenvalue weighted by atomic mass is 16.2. The summed E-state index contributed by atoms with van der Waals surface area (Å²) in [5.41, 5.74) is 4.15. The molecule has 0 bridgehead atoms. The first-order valence-corrected chi connectivity index (χ1v) is 7.44. The van der Waals surface area contributed by atoms with E-state index < -0.39 is 0 Å². The molecular formula is C18H13N5O. The van der Waals surface area contributed by atoms with Crippen molar-refractivity contribution in [1.29, 1.82) is 0 Å². The molecule has 1 aromatic heterocycles. The number of aromatic nitrogens is 2. The van der Waals surface area contributed by atoms with Crippen LogP contribution in [0.2, 0.25) is 0 Å². The highest BCUT2D eigenvalue weighted by Gasteiger charge is 2.30. The van der Waals surface area contributed by atoms with Gasteiger partial charge in [0.2, 0.25) is 0 Å². The summed E-state index contributed by atoms with van der Waals surface area (Å²) in [6.45, 7) is 0. The summed E-state index contributed by atoms with van der Waals surface area (Å²) in [7, 11) is 1.72. The molecule has 0 N–H and O–H groups in total. The van der Waals surface area contributed by atoms with Gasteiger partial charge in [-0.15, -0.1) is 5.10 Å². The average molecular weight is 315 g/mol. The fourth-order valence-electron chi connectivity index (χ4n) is 2.63. The minimum absolute atomic E-state index is 0.169. The third-order valence-corrected chi connectivity index (χ3v) is 3.84. The van der Waals surface area contributed by atoms with Gasteiger partial charge in [0.05, 0.1) is 29.1 Å². The van der Waals surface area contributed by atoms with Gasteiger partial charge in [-0.1, -0.05) is 30.3 Å². The van der Waals surface area contributed by atoms with E-state index in [0.717, 1.165) is 22.3 Å². The Morgan fingerprint density at radius 2 is 1.79 bits per heavy atom. The van der Waals surface area contributed by atoms with E-state index in [0.29, 0.717) is 11.4 Å². The zero-order valence-corrected chi connectivity index (χ0v) is 12.9. The Bertz CT molecular complexity index is 1010. The average Bonchev–Trinajstić information content (AvgIpc) is 2.87. The molecule has 0 radical (unpaired) electrons. The molecule has 4 rings (SSSR count). The molecule has 6 nitrogen and oxygen atoms in total. The SMILES string of the molecule is CN1C(=O)/C(=N/N=C\c2cnc3ccccc3n2)c2ccccc21. The normalized spacial score (nSPS) is 15.6. The van der Waals surface area contributed by atoms with E-state index in [1.54, 1.807) is 18.1 Å². The fourth-order valence-corrected chi connectivity index (χ4v) is 2.63. The molecule has 3 aromatic rings. The Morgan fingerprint density at radius 3 is 2.67 bits per heavy atom. The van der Waals surface area contributed by atoms with Crippen LogP contribution in [0.1, 0.15) is 11.3 Å². The van der Waals surface area contributed by atoms with Crippen LogP contribution in [0.15, 0.2) is 64.9 Å². The van der Waals surface area contributed by atoms with Crippen molar-refractivity contribution in [3.8, 4) is 0 Å². The zero-order chi connectivity index (χ0) is 16.5. The fraction of sp³-hybridized carbons (Fsp3) is 0.0556. The van der Waals surface area contributed by atoms with Crippen molar-refractivity contribution < 1.29 is 4.79 Å². The number of likely N-dealkylation sites (N-methyl/N-ethyl adjacent to an activating group) is 1. The number of amides is 1. The molecule has 2 aromatic carbocycles. The van der Waals surface area contributed by atoms with Gasteiger partial charge in [0.15, 0.2) is 5.71 Å². The van der Waals surface area contributed by atoms with Crippen molar-refractivity contribution >= 4 is 34.6 Å². The van der Waals surface area contributed by atoms with Crippen LogP contribution in [-0.2, 0) is 4.79 Å². The quantitative estimate of drug-likeness (QED) is 0.538. The van der Waals surface area contributed by atoms with E-state index in [2.05, 4.69) is 20.2 Å². The molecule has 0 saturated carbocycles. The van der Waals surface area contributed by atoms with Gasteiger partial charge in [-0.25, -0.2) is 4.98 Å². The number of hydrogen-bond donors (Lipinski definition) is 0. The first-order valence-electron chi connectivity index (χ1n) is 7.44. The van der Waals surface area contributed by atoms with Crippen LogP contribution in [0.4, 0.5) is 5.69 Å². The summed E-state index contributed by atoms with van der Waals surface area (Å²) < 4.78 is 0. The topological polar surface area (TPSA) is 70.8 Å². The number of hydrogen-bond acceptors (Lipinski definition) is 5. The summed E-state index contributed by atoms with van der Waals surface area (Å²) >= 11 is 0. The minimum Gasteiger partial charge on any atom is -0.309 e. The number of anilines is 1. The molecule has 2 heterocycles. The van der Waals surface area contributed by atoms with Crippen molar-refractivity contribution in [3.05, 3.63) is 66.0 Å². The maximum atomic E-state index is 12.3.